The number of anilines is 1. The van der Waals surface area contributed by atoms with Gasteiger partial charge in [-0.25, -0.2) is 4.99 Å². The highest BCUT2D eigenvalue weighted by molar-refractivity contribution is 14.0. The van der Waals surface area contributed by atoms with Crippen LogP contribution < -0.4 is 10.2 Å². The maximum absolute atomic E-state index is 4.76. The summed E-state index contributed by atoms with van der Waals surface area (Å²) < 4.78 is 1.99. The summed E-state index contributed by atoms with van der Waals surface area (Å²) in [5.74, 6) is 2.76. The van der Waals surface area contributed by atoms with E-state index in [-0.39, 0.29) is 24.0 Å². The molecule has 1 fully saturated rings. The van der Waals surface area contributed by atoms with E-state index < -0.39 is 0 Å². The Morgan fingerprint density at radius 3 is 2.60 bits per heavy atom. The first-order chi connectivity index (χ1) is 11.7. The zero-order valence-electron chi connectivity index (χ0n) is 15.0. The SMILES string of the molecule is CCNC(=NCc1nnc(C)n1C)N1CCN(c2cccs2)CC1.I. The number of guanidine groups is 1. The minimum atomic E-state index is 0. The number of piperazine rings is 1. The van der Waals surface area contributed by atoms with Crippen molar-refractivity contribution in [1.82, 2.24) is 25.0 Å². The van der Waals surface area contributed by atoms with E-state index >= 15 is 0 Å². The molecule has 0 radical (unpaired) electrons. The molecule has 138 valence electrons. The van der Waals surface area contributed by atoms with Crippen LogP contribution in [0, 0.1) is 6.92 Å². The number of aryl methyl sites for hydroxylation is 1. The van der Waals surface area contributed by atoms with Crippen molar-refractivity contribution in [2.45, 2.75) is 20.4 Å². The molecule has 3 rings (SSSR count). The van der Waals surface area contributed by atoms with Crippen LogP contribution in [0.25, 0.3) is 0 Å². The van der Waals surface area contributed by atoms with Gasteiger partial charge in [-0.1, -0.05) is 0 Å². The summed E-state index contributed by atoms with van der Waals surface area (Å²) in [7, 11) is 1.98. The molecule has 0 spiro atoms. The highest BCUT2D eigenvalue weighted by Crippen LogP contribution is 2.22. The van der Waals surface area contributed by atoms with Crippen LogP contribution in [0.5, 0.6) is 0 Å². The van der Waals surface area contributed by atoms with E-state index in [0.29, 0.717) is 6.54 Å². The Labute approximate surface area is 170 Å². The Hall–Kier alpha value is -1.36. The van der Waals surface area contributed by atoms with Crippen LogP contribution in [0.2, 0.25) is 0 Å². The summed E-state index contributed by atoms with van der Waals surface area (Å²) in [4.78, 5) is 9.53. The second kappa shape index (κ2) is 9.37. The van der Waals surface area contributed by atoms with Crippen LogP contribution in [0.15, 0.2) is 22.5 Å². The predicted molar refractivity (Wildman–Crippen MR) is 114 cm³/mol. The molecule has 1 aliphatic heterocycles. The van der Waals surface area contributed by atoms with Gasteiger partial charge < -0.3 is 19.7 Å². The van der Waals surface area contributed by atoms with Crippen molar-refractivity contribution in [3.8, 4) is 0 Å². The van der Waals surface area contributed by atoms with Gasteiger partial charge >= 0.3 is 0 Å². The topological polar surface area (TPSA) is 61.6 Å². The molecule has 3 heterocycles. The fourth-order valence-corrected chi connectivity index (χ4v) is 3.53. The first-order valence-electron chi connectivity index (χ1n) is 8.35. The Bertz CT molecular complexity index is 675. The normalized spacial score (nSPS) is 15.2. The van der Waals surface area contributed by atoms with E-state index in [1.165, 1.54) is 5.00 Å². The minimum Gasteiger partial charge on any atom is -0.360 e. The van der Waals surface area contributed by atoms with Crippen molar-refractivity contribution in [3.05, 3.63) is 29.2 Å². The smallest absolute Gasteiger partial charge is 0.194 e. The van der Waals surface area contributed by atoms with Crippen molar-refractivity contribution < 1.29 is 0 Å². The maximum atomic E-state index is 4.76. The molecule has 0 amide bonds. The molecule has 0 bridgehead atoms. The summed E-state index contributed by atoms with van der Waals surface area (Å²) in [6, 6.07) is 4.30. The average Bonchev–Trinajstić information content (AvgIpc) is 3.24. The third-order valence-electron chi connectivity index (χ3n) is 4.28. The summed E-state index contributed by atoms with van der Waals surface area (Å²) in [6.07, 6.45) is 0. The lowest BCUT2D eigenvalue weighted by atomic mass is 10.3. The quantitative estimate of drug-likeness (QED) is 0.417. The molecule has 0 saturated carbocycles. The van der Waals surface area contributed by atoms with Crippen molar-refractivity contribution in [1.29, 1.82) is 0 Å². The third-order valence-corrected chi connectivity index (χ3v) is 5.21. The molecule has 1 saturated heterocycles. The van der Waals surface area contributed by atoms with Crippen LogP contribution in [-0.4, -0.2) is 58.3 Å². The van der Waals surface area contributed by atoms with E-state index in [1.54, 1.807) is 11.3 Å². The molecule has 0 aliphatic carbocycles. The van der Waals surface area contributed by atoms with Gasteiger partial charge in [-0.15, -0.1) is 45.5 Å². The molecule has 9 heteroatoms. The van der Waals surface area contributed by atoms with Crippen LogP contribution in [0.1, 0.15) is 18.6 Å². The number of thiophene rings is 1. The van der Waals surface area contributed by atoms with Gasteiger partial charge in [0, 0.05) is 39.8 Å². The molecular formula is C16H26IN7S. The van der Waals surface area contributed by atoms with E-state index in [1.807, 2.05) is 18.5 Å². The van der Waals surface area contributed by atoms with E-state index in [9.17, 15) is 0 Å². The van der Waals surface area contributed by atoms with Gasteiger partial charge in [-0.05, 0) is 31.4 Å². The van der Waals surface area contributed by atoms with Gasteiger partial charge in [0.05, 0.1) is 5.00 Å². The Balaban J connectivity index is 0.00000225. The van der Waals surface area contributed by atoms with Crippen molar-refractivity contribution in [2.75, 3.05) is 37.6 Å². The summed E-state index contributed by atoms with van der Waals surface area (Å²) in [5, 5.41) is 15.2. The summed E-state index contributed by atoms with van der Waals surface area (Å²) in [5.41, 5.74) is 0. The standard InChI is InChI=1S/C16H25N7S.HI/c1-4-17-16(18-12-14-20-19-13(2)21(14)3)23-9-7-22(8-10-23)15-6-5-11-24-15;/h5-6,11H,4,7-10,12H2,1-3H3,(H,17,18);1H. The lowest BCUT2D eigenvalue weighted by Crippen LogP contribution is -2.52. The Morgan fingerprint density at radius 2 is 2.04 bits per heavy atom. The second-order valence-corrected chi connectivity index (χ2v) is 6.74. The minimum absolute atomic E-state index is 0. The van der Waals surface area contributed by atoms with E-state index in [0.717, 1.165) is 50.3 Å². The van der Waals surface area contributed by atoms with E-state index in [2.05, 4.69) is 49.8 Å². The number of nitrogens with one attached hydrogen (secondary N) is 1. The van der Waals surface area contributed by atoms with Crippen molar-refractivity contribution >= 4 is 46.3 Å². The number of nitrogens with zero attached hydrogens (tertiary/aromatic N) is 6. The fourth-order valence-electron chi connectivity index (χ4n) is 2.75. The number of aromatic nitrogens is 3. The molecule has 0 unspecified atom stereocenters. The van der Waals surface area contributed by atoms with Crippen LogP contribution in [0.3, 0.4) is 0 Å². The predicted octanol–water partition coefficient (Wildman–Crippen LogP) is 2.09. The Morgan fingerprint density at radius 1 is 1.28 bits per heavy atom. The van der Waals surface area contributed by atoms with Gasteiger partial charge in [0.1, 0.15) is 12.4 Å². The molecule has 0 aromatic carbocycles. The number of hydrogen-bond acceptors (Lipinski definition) is 5. The molecule has 25 heavy (non-hydrogen) atoms. The lowest BCUT2D eigenvalue weighted by Gasteiger charge is -2.37. The van der Waals surface area contributed by atoms with Gasteiger partial charge in [-0.3, -0.25) is 0 Å². The van der Waals surface area contributed by atoms with Crippen molar-refractivity contribution in [3.63, 3.8) is 0 Å². The zero-order chi connectivity index (χ0) is 16.9. The zero-order valence-corrected chi connectivity index (χ0v) is 18.1. The first-order valence-corrected chi connectivity index (χ1v) is 9.23. The average molecular weight is 475 g/mol. The monoisotopic (exact) mass is 475 g/mol. The molecule has 2 aromatic rings. The number of aliphatic imine (C=N–C) groups is 1. The highest BCUT2D eigenvalue weighted by Gasteiger charge is 2.20. The summed E-state index contributed by atoms with van der Waals surface area (Å²) >= 11 is 1.80. The van der Waals surface area contributed by atoms with Gasteiger partial charge in [0.15, 0.2) is 11.8 Å². The summed E-state index contributed by atoms with van der Waals surface area (Å²) in [6.45, 7) is 9.46. The molecule has 7 nitrogen and oxygen atoms in total. The van der Waals surface area contributed by atoms with Crippen LogP contribution >= 0.6 is 35.3 Å². The van der Waals surface area contributed by atoms with Gasteiger partial charge in [0.25, 0.3) is 0 Å². The first kappa shape index (κ1) is 20.0. The maximum Gasteiger partial charge on any atom is 0.194 e. The molecule has 1 aliphatic rings. The van der Waals surface area contributed by atoms with Gasteiger partial charge in [0.2, 0.25) is 0 Å². The lowest BCUT2D eigenvalue weighted by molar-refractivity contribution is 0.373. The second-order valence-electron chi connectivity index (χ2n) is 5.82. The number of hydrogen-bond donors (Lipinski definition) is 1. The van der Waals surface area contributed by atoms with Crippen LogP contribution in [0.4, 0.5) is 5.00 Å². The molecule has 1 N–H and O–H groups in total. The third kappa shape index (κ3) is 4.84. The Kier molecular flexibility index (Phi) is 7.48. The van der Waals surface area contributed by atoms with Crippen LogP contribution in [-0.2, 0) is 13.6 Å². The van der Waals surface area contributed by atoms with E-state index in [4.69, 9.17) is 4.99 Å². The van der Waals surface area contributed by atoms with Gasteiger partial charge in [-0.2, -0.15) is 0 Å². The molecule has 2 aromatic heterocycles. The molecular weight excluding hydrogens is 449 g/mol. The molecule has 0 atom stereocenters. The van der Waals surface area contributed by atoms with Crippen molar-refractivity contribution in [2.24, 2.45) is 12.0 Å². The number of halogens is 1. The highest BCUT2D eigenvalue weighted by atomic mass is 127. The fraction of sp³-hybridized carbons (Fsp3) is 0.562. The largest absolute Gasteiger partial charge is 0.360 e. The number of rotatable bonds is 4.